The smallest absolute Gasteiger partial charge is 0.317 e. The molecule has 7 nitrogen and oxygen atoms in total. The molecule has 3 rings (SSSR count). The maximum Gasteiger partial charge on any atom is 0.317 e. The number of carbonyl (C=O) groups excluding carboxylic acids is 1. The Morgan fingerprint density at radius 1 is 1.31 bits per heavy atom. The van der Waals surface area contributed by atoms with E-state index in [1.165, 1.54) is 0 Å². The molecule has 1 heterocycles. The van der Waals surface area contributed by atoms with Crippen LogP contribution in [0.3, 0.4) is 0 Å². The molecule has 26 heavy (non-hydrogen) atoms. The minimum absolute atomic E-state index is 0.0501. The van der Waals surface area contributed by atoms with Crippen LogP contribution in [0.25, 0.3) is 0 Å². The van der Waals surface area contributed by atoms with E-state index in [1.807, 2.05) is 48.4 Å². The first-order chi connectivity index (χ1) is 12.6. The lowest BCUT2D eigenvalue weighted by atomic mass is 9.85. The van der Waals surface area contributed by atoms with Crippen LogP contribution < -0.4 is 5.32 Å². The van der Waals surface area contributed by atoms with E-state index in [2.05, 4.69) is 10.4 Å². The summed E-state index contributed by atoms with van der Waals surface area (Å²) in [6, 6.07) is 9.71. The van der Waals surface area contributed by atoms with Gasteiger partial charge in [-0.2, -0.15) is 5.10 Å². The van der Waals surface area contributed by atoms with E-state index in [0.717, 1.165) is 18.4 Å². The number of carboxylic acids is 1. The predicted molar refractivity (Wildman–Crippen MR) is 96.9 cm³/mol. The average Bonchev–Trinajstić information content (AvgIpc) is 3.09. The van der Waals surface area contributed by atoms with Crippen LogP contribution in [-0.2, 0) is 11.3 Å². The van der Waals surface area contributed by atoms with Crippen LogP contribution in [0.5, 0.6) is 0 Å². The van der Waals surface area contributed by atoms with Crippen LogP contribution in [0.4, 0.5) is 0 Å². The van der Waals surface area contributed by atoms with Crippen LogP contribution in [-0.4, -0.2) is 56.8 Å². The molecule has 1 aromatic heterocycles. The maximum atomic E-state index is 12.7. The van der Waals surface area contributed by atoms with Crippen molar-refractivity contribution in [3.63, 3.8) is 0 Å². The van der Waals surface area contributed by atoms with E-state index in [9.17, 15) is 9.59 Å². The zero-order valence-electron chi connectivity index (χ0n) is 14.8. The van der Waals surface area contributed by atoms with Gasteiger partial charge in [0.05, 0.1) is 13.1 Å². The second kappa shape index (κ2) is 8.14. The van der Waals surface area contributed by atoms with Crippen molar-refractivity contribution in [2.24, 2.45) is 0 Å². The van der Waals surface area contributed by atoms with E-state index in [0.29, 0.717) is 18.7 Å². The molecule has 1 aliphatic carbocycles. The lowest BCUT2D eigenvalue weighted by Gasteiger charge is -2.42. The third kappa shape index (κ3) is 4.29. The Bertz CT molecular complexity index is 754. The van der Waals surface area contributed by atoms with E-state index in [4.69, 9.17) is 5.11 Å². The molecule has 0 spiro atoms. The van der Waals surface area contributed by atoms with Crippen molar-refractivity contribution in [2.45, 2.75) is 38.4 Å². The Kier molecular flexibility index (Phi) is 5.68. The Labute approximate surface area is 152 Å². The highest BCUT2D eigenvalue weighted by Gasteiger charge is 2.34. The Hall–Kier alpha value is -2.67. The van der Waals surface area contributed by atoms with E-state index in [1.54, 1.807) is 10.9 Å². The van der Waals surface area contributed by atoms with E-state index < -0.39 is 5.97 Å². The fraction of sp³-hybridized carbons (Fsp3) is 0.421. The zero-order chi connectivity index (χ0) is 18.5. The molecular formula is C19H24N4O3. The summed E-state index contributed by atoms with van der Waals surface area (Å²) >= 11 is 0. The number of aliphatic carboxylic acids is 1. The first-order valence-corrected chi connectivity index (χ1v) is 8.89. The molecule has 138 valence electrons. The Balaban J connectivity index is 1.57. The van der Waals surface area contributed by atoms with Crippen LogP contribution in [0.15, 0.2) is 42.7 Å². The largest absolute Gasteiger partial charge is 0.480 e. The van der Waals surface area contributed by atoms with Gasteiger partial charge in [-0.3, -0.25) is 19.2 Å². The molecule has 1 aliphatic rings. The molecule has 0 atom stereocenters. The summed E-state index contributed by atoms with van der Waals surface area (Å²) in [5.41, 5.74) is 1.58. The molecule has 2 N–H and O–H groups in total. The molecule has 7 heteroatoms. The van der Waals surface area contributed by atoms with Crippen LogP contribution in [0, 0.1) is 0 Å². The molecule has 1 aromatic carbocycles. The highest BCUT2D eigenvalue weighted by molar-refractivity contribution is 5.95. The second-order valence-electron chi connectivity index (χ2n) is 6.61. The average molecular weight is 356 g/mol. The molecular weight excluding hydrogens is 332 g/mol. The summed E-state index contributed by atoms with van der Waals surface area (Å²) in [4.78, 5) is 25.5. The fourth-order valence-electron chi connectivity index (χ4n) is 3.39. The number of rotatable bonds is 8. The molecule has 0 aliphatic heterocycles. The van der Waals surface area contributed by atoms with Crippen molar-refractivity contribution in [3.05, 3.63) is 53.9 Å². The lowest BCUT2D eigenvalue weighted by molar-refractivity contribution is -0.139. The van der Waals surface area contributed by atoms with Gasteiger partial charge in [0, 0.05) is 30.0 Å². The predicted octanol–water partition coefficient (Wildman–Crippen LogP) is 1.60. The standard InChI is InChI=1S/C19H24N4O3/c1-2-22(13-18(24)25)16-10-15(11-16)21-19(26)17-7-4-3-6-14(17)12-23-9-5-8-20-23/h3-9,15-16H,2,10-13H2,1H3,(H,21,26)(H,24,25). The monoisotopic (exact) mass is 356 g/mol. The van der Waals surface area contributed by atoms with Crippen molar-refractivity contribution in [3.8, 4) is 0 Å². The van der Waals surface area contributed by atoms with Crippen LogP contribution in [0.1, 0.15) is 35.7 Å². The third-order valence-electron chi connectivity index (χ3n) is 4.86. The van der Waals surface area contributed by atoms with Crippen molar-refractivity contribution in [1.29, 1.82) is 0 Å². The number of aromatic nitrogens is 2. The van der Waals surface area contributed by atoms with Crippen LogP contribution in [0.2, 0.25) is 0 Å². The summed E-state index contributed by atoms with van der Waals surface area (Å²) in [6.07, 6.45) is 5.16. The SMILES string of the molecule is CCN(CC(=O)O)C1CC(NC(=O)c2ccccc2Cn2cccn2)C1. The number of amides is 1. The maximum absolute atomic E-state index is 12.7. The molecule has 1 fully saturated rings. The second-order valence-corrected chi connectivity index (χ2v) is 6.61. The molecule has 0 radical (unpaired) electrons. The summed E-state index contributed by atoms with van der Waals surface area (Å²) in [6.45, 7) is 3.26. The van der Waals surface area contributed by atoms with Gasteiger partial charge in [0.15, 0.2) is 0 Å². The Morgan fingerprint density at radius 2 is 2.08 bits per heavy atom. The number of hydrogen-bond acceptors (Lipinski definition) is 4. The molecule has 0 saturated heterocycles. The van der Waals surface area contributed by atoms with Crippen molar-refractivity contribution in [2.75, 3.05) is 13.1 Å². The summed E-state index contributed by atoms with van der Waals surface area (Å²) in [5, 5.41) is 16.2. The van der Waals surface area contributed by atoms with Gasteiger partial charge < -0.3 is 10.4 Å². The summed E-state index contributed by atoms with van der Waals surface area (Å²) in [5.74, 6) is -0.899. The van der Waals surface area contributed by atoms with Gasteiger partial charge in [-0.15, -0.1) is 0 Å². The minimum Gasteiger partial charge on any atom is -0.480 e. The lowest BCUT2D eigenvalue weighted by Crippen LogP contribution is -2.54. The molecule has 0 bridgehead atoms. The van der Waals surface area contributed by atoms with Gasteiger partial charge in [-0.05, 0) is 37.1 Å². The summed E-state index contributed by atoms with van der Waals surface area (Å²) in [7, 11) is 0. The molecule has 2 aromatic rings. The van der Waals surface area contributed by atoms with Gasteiger partial charge in [-0.1, -0.05) is 25.1 Å². The number of carboxylic acid groups (broad SMARTS) is 1. The normalized spacial score (nSPS) is 19.2. The number of carbonyl (C=O) groups is 2. The van der Waals surface area contributed by atoms with E-state index >= 15 is 0 Å². The van der Waals surface area contributed by atoms with Crippen LogP contribution >= 0.6 is 0 Å². The topological polar surface area (TPSA) is 87.5 Å². The summed E-state index contributed by atoms with van der Waals surface area (Å²) < 4.78 is 1.79. The van der Waals surface area contributed by atoms with Gasteiger partial charge in [0.2, 0.25) is 0 Å². The number of hydrogen-bond donors (Lipinski definition) is 2. The first kappa shape index (κ1) is 18.1. The van der Waals surface area contributed by atoms with Gasteiger partial charge in [0.25, 0.3) is 5.91 Å². The number of nitrogens with zero attached hydrogens (tertiary/aromatic N) is 3. The molecule has 1 amide bonds. The zero-order valence-corrected chi connectivity index (χ0v) is 14.8. The minimum atomic E-state index is -0.813. The number of likely N-dealkylation sites (N-methyl/N-ethyl adjacent to an activating group) is 1. The van der Waals surface area contributed by atoms with Crippen molar-refractivity contribution in [1.82, 2.24) is 20.0 Å². The first-order valence-electron chi connectivity index (χ1n) is 8.89. The van der Waals surface area contributed by atoms with Gasteiger partial charge >= 0.3 is 5.97 Å². The number of benzene rings is 1. The highest BCUT2D eigenvalue weighted by atomic mass is 16.4. The van der Waals surface area contributed by atoms with Crippen molar-refractivity contribution >= 4 is 11.9 Å². The van der Waals surface area contributed by atoms with Gasteiger partial charge in [-0.25, -0.2) is 0 Å². The quantitative estimate of drug-likeness (QED) is 0.750. The Morgan fingerprint density at radius 3 is 2.73 bits per heavy atom. The number of nitrogens with one attached hydrogen (secondary N) is 1. The third-order valence-corrected chi connectivity index (χ3v) is 4.86. The molecule has 0 unspecified atom stereocenters. The van der Waals surface area contributed by atoms with Gasteiger partial charge in [0.1, 0.15) is 0 Å². The van der Waals surface area contributed by atoms with E-state index in [-0.39, 0.29) is 24.5 Å². The fourth-order valence-corrected chi connectivity index (χ4v) is 3.39. The van der Waals surface area contributed by atoms with Crippen molar-refractivity contribution < 1.29 is 14.7 Å². The molecule has 1 saturated carbocycles. The highest BCUT2D eigenvalue weighted by Crippen LogP contribution is 2.26.